The van der Waals surface area contributed by atoms with Crippen LogP contribution in [0.3, 0.4) is 0 Å². The number of hydrogen-bond donors (Lipinski definition) is 0. The molecule has 1 saturated heterocycles. The van der Waals surface area contributed by atoms with E-state index in [1.54, 1.807) is 19.2 Å². The molecule has 0 aromatic carbocycles. The summed E-state index contributed by atoms with van der Waals surface area (Å²) in [5, 5.41) is 12.3. The zero-order valence-corrected chi connectivity index (χ0v) is 17.2. The molecule has 0 bridgehead atoms. The monoisotopic (exact) mass is 411 g/mol. The van der Waals surface area contributed by atoms with Gasteiger partial charge >= 0.3 is 0 Å². The van der Waals surface area contributed by atoms with Crippen molar-refractivity contribution in [2.45, 2.75) is 38.8 Å². The van der Waals surface area contributed by atoms with Crippen LogP contribution in [-0.4, -0.2) is 75.8 Å². The molecule has 1 aliphatic rings. The van der Waals surface area contributed by atoms with E-state index in [-0.39, 0.29) is 24.4 Å². The van der Waals surface area contributed by atoms with Gasteiger partial charge in [-0.05, 0) is 29.0 Å². The van der Waals surface area contributed by atoms with Gasteiger partial charge in [0.1, 0.15) is 0 Å². The van der Waals surface area contributed by atoms with E-state index in [4.69, 9.17) is 9.15 Å². The summed E-state index contributed by atoms with van der Waals surface area (Å²) < 4.78 is 12.2. The first-order valence-electron chi connectivity index (χ1n) is 9.56. The molecule has 10 heteroatoms. The van der Waals surface area contributed by atoms with Gasteiger partial charge in [-0.1, -0.05) is 19.8 Å². The third-order valence-electron chi connectivity index (χ3n) is 4.97. The summed E-state index contributed by atoms with van der Waals surface area (Å²) >= 11 is 0. The maximum absolute atomic E-state index is 12.5. The Morgan fingerprint density at radius 3 is 2.75 bits per heavy atom. The molecule has 1 aliphatic heterocycles. The Morgan fingerprint density at radius 2 is 2.11 bits per heavy atom. The van der Waals surface area contributed by atoms with Crippen LogP contribution in [0.5, 0.6) is 0 Å². The molecule has 2 aromatic rings. The molecule has 0 radical (unpaired) electrons. The van der Waals surface area contributed by atoms with Gasteiger partial charge in [0, 0.05) is 33.3 Å². The number of halogens is 1. The molecule has 1 fully saturated rings. The van der Waals surface area contributed by atoms with E-state index in [0.717, 1.165) is 38.2 Å². The minimum atomic E-state index is -0.0466. The summed E-state index contributed by atoms with van der Waals surface area (Å²) in [6.45, 7) is 6.31. The number of amides is 1. The molecule has 0 spiro atoms. The molecular formula is C18H28ClN6O3-. The summed E-state index contributed by atoms with van der Waals surface area (Å²) in [6, 6.07) is 3.60. The Labute approximate surface area is 171 Å². The van der Waals surface area contributed by atoms with Crippen LogP contribution in [-0.2, 0) is 11.3 Å². The SMILES string of the molecule is CCCCC(c1nnnn1CCOC)N1CCN(C(=O)c2ccco2)CC1.[Cl-]. The molecule has 9 nitrogen and oxygen atoms in total. The number of piperazine rings is 1. The van der Waals surface area contributed by atoms with Crippen LogP contribution >= 0.6 is 0 Å². The van der Waals surface area contributed by atoms with Crippen LogP contribution in [0.1, 0.15) is 48.6 Å². The van der Waals surface area contributed by atoms with Crippen molar-refractivity contribution in [1.82, 2.24) is 30.0 Å². The lowest BCUT2D eigenvalue weighted by Crippen LogP contribution is -3.00. The summed E-state index contributed by atoms with van der Waals surface area (Å²) in [6.07, 6.45) is 4.75. The highest BCUT2D eigenvalue weighted by molar-refractivity contribution is 5.91. The predicted octanol–water partition coefficient (Wildman–Crippen LogP) is -1.39. The molecule has 0 aliphatic carbocycles. The normalized spacial score (nSPS) is 16.0. The van der Waals surface area contributed by atoms with Crippen molar-refractivity contribution < 1.29 is 26.4 Å². The Bertz CT molecular complexity index is 700. The van der Waals surface area contributed by atoms with Crippen molar-refractivity contribution in [1.29, 1.82) is 0 Å². The number of carbonyl (C=O) groups is 1. The van der Waals surface area contributed by atoms with Gasteiger partial charge in [-0.2, -0.15) is 0 Å². The van der Waals surface area contributed by atoms with Gasteiger partial charge in [-0.15, -0.1) is 5.10 Å². The number of aromatic nitrogens is 4. The van der Waals surface area contributed by atoms with E-state index < -0.39 is 0 Å². The first-order valence-corrected chi connectivity index (χ1v) is 9.56. The van der Waals surface area contributed by atoms with Crippen molar-refractivity contribution in [3.05, 3.63) is 30.0 Å². The lowest BCUT2D eigenvalue weighted by molar-refractivity contribution is -0.0000170. The number of carbonyl (C=O) groups excluding carboxylic acids is 1. The van der Waals surface area contributed by atoms with Crippen molar-refractivity contribution in [3.8, 4) is 0 Å². The molecule has 1 atom stereocenters. The zero-order chi connectivity index (χ0) is 19.1. The van der Waals surface area contributed by atoms with E-state index in [0.29, 0.717) is 32.0 Å². The lowest BCUT2D eigenvalue weighted by atomic mass is 10.1. The number of unbranched alkanes of at least 4 members (excludes halogenated alkanes) is 1. The van der Waals surface area contributed by atoms with Gasteiger partial charge in [0.2, 0.25) is 0 Å². The van der Waals surface area contributed by atoms with Crippen molar-refractivity contribution in [2.75, 3.05) is 39.9 Å². The molecule has 1 unspecified atom stereocenters. The van der Waals surface area contributed by atoms with Crippen LogP contribution in [0.4, 0.5) is 0 Å². The average molecular weight is 412 g/mol. The number of methoxy groups -OCH3 is 1. The third kappa shape index (κ3) is 5.30. The van der Waals surface area contributed by atoms with E-state index in [1.165, 1.54) is 6.26 Å². The summed E-state index contributed by atoms with van der Waals surface area (Å²) in [7, 11) is 1.67. The molecule has 3 rings (SSSR count). The second-order valence-corrected chi connectivity index (χ2v) is 6.72. The third-order valence-corrected chi connectivity index (χ3v) is 4.97. The summed E-state index contributed by atoms with van der Waals surface area (Å²) in [5.41, 5.74) is 0. The molecule has 3 heterocycles. The van der Waals surface area contributed by atoms with Gasteiger partial charge in [-0.25, -0.2) is 4.68 Å². The first-order chi connectivity index (χ1) is 13.2. The molecule has 0 saturated carbocycles. The number of tetrazole rings is 1. The Balaban J connectivity index is 0.00000280. The molecule has 2 aromatic heterocycles. The quantitative estimate of drug-likeness (QED) is 0.501. The average Bonchev–Trinajstić information content (AvgIpc) is 3.39. The summed E-state index contributed by atoms with van der Waals surface area (Å²) in [4.78, 5) is 16.7. The highest BCUT2D eigenvalue weighted by atomic mass is 35.5. The molecule has 1 amide bonds. The second-order valence-electron chi connectivity index (χ2n) is 6.72. The Kier molecular flexibility index (Phi) is 8.88. The van der Waals surface area contributed by atoms with Crippen LogP contribution in [0.15, 0.2) is 22.8 Å². The fourth-order valence-electron chi connectivity index (χ4n) is 3.45. The van der Waals surface area contributed by atoms with Crippen molar-refractivity contribution in [3.63, 3.8) is 0 Å². The van der Waals surface area contributed by atoms with Crippen molar-refractivity contribution >= 4 is 5.91 Å². The molecule has 0 N–H and O–H groups in total. The van der Waals surface area contributed by atoms with E-state index in [9.17, 15) is 4.79 Å². The molecule has 156 valence electrons. The standard InChI is InChI=1S/C18H28N6O3.ClH/c1-3-4-6-15(17-19-20-21-24(17)12-14-26-2)22-8-10-23(11-9-22)18(25)16-7-5-13-27-16;/h5,7,13,15H,3-4,6,8-12,14H2,1-2H3;1H/p-1. The van der Waals surface area contributed by atoms with E-state index in [1.807, 2.05) is 9.58 Å². The van der Waals surface area contributed by atoms with Gasteiger partial charge in [-0.3, -0.25) is 9.69 Å². The smallest absolute Gasteiger partial charge is 0.289 e. The number of hydrogen-bond acceptors (Lipinski definition) is 7. The van der Waals surface area contributed by atoms with Crippen LogP contribution < -0.4 is 12.4 Å². The molecule has 28 heavy (non-hydrogen) atoms. The topological polar surface area (TPSA) is 89.5 Å². The fourth-order valence-corrected chi connectivity index (χ4v) is 3.45. The highest BCUT2D eigenvalue weighted by Crippen LogP contribution is 2.26. The maximum Gasteiger partial charge on any atom is 0.289 e. The Morgan fingerprint density at radius 1 is 1.32 bits per heavy atom. The van der Waals surface area contributed by atoms with Gasteiger partial charge in [0.05, 0.1) is 25.5 Å². The largest absolute Gasteiger partial charge is 1.00 e. The minimum absolute atomic E-state index is 0. The number of furan rings is 1. The zero-order valence-electron chi connectivity index (χ0n) is 16.5. The highest BCUT2D eigenvalue weighted by Gasteiger charge is 2.30. The number of ether oxygens (including phenoxy) is 1. The minimum Gasteiger partial charge on any atom is -1.00 e. The number of nitrogens with zero attached hydrogens (tertiary/aromatic N) is 6. The predicted molar refractivity (Wildman–Crippen MR) is 98.1 cm³/mol. The van der Waals surface area contributed by atoms with Crippen LogP contribution in [0, 0.1) is 0 Å². The summed E-state index contributed by atoms with van der Waals surface area (Å²) in [5.74, 6) is 1.23. The van der Waals surface area contributed by atoms with Crippen LogP contribution in [0.25, 0.3) is 0 Å². The molecular weight excluding hydrogens is 384 g/mol. The van der Waals surface area contributed by atoms with Crippen LogP contribution in [0.2, 0.25) is 0 Å². The maximum atomic E-state index is 12.5. The Hall–Kier alpha value is -1.97. The van der Waals surface area contributed by atoms with E-state index >= 15 is 0 Å². The fraction of sp³-hybridized carbons (Fsp3) is 0.667. The van der Waals surface area contributed by atoms with Gasteiger partial charge < -0.3 is 26.5 Å². The lowest BCUT2D eigenvalue weighted by Gasteiger charge is -2.38. The van der Waals surface area contributed by atoms with Crippen molar-refractivity contribution in [2.24, 2.45) is 0 Å². The second kappa shape index (κ2) is 11.1. The first kappa shape index (κ1) is 22.3. The number of rotatable bonds is 9. The van der Waals surface area contributed by atoms with Gasteiger partial charge in [0.25, 0.3) is 5.91 Å². The van der Waals surface area contributed by atoms with Gasteiger partial charge in [0.15, 0.2) is 11.6 Å². The van der Waals surface area contributed by atoms with E-state index in [2.05, 4.69) is 27.3 Å².